The fraction of sp³-hybridized carbons (Fsp3) is 0.231. The van der Waals surface area contributed by atoms with Crippen LogP contribution in [0.2, 0.25) is 0 Å². The number of phenols is 1. The number of benzene rings is 3. The van der Waals surface area contributed by atoms with Crippen molar-refractivity contribution in [3.8, 4) is 5.75 Å². The zero-order chi connectivity index (χ0) is 22.0. The standard InChI is InChI=1S/C26H25NO4/c1-2-3-6-16-27-23(18-12-14-19(28)15-13-18)22(25(30)26(27)31)24(29)21-11-7-9-17-8-4-5-10-20(17)21/h4-5,7-15,23,28-29H,2-3,6,16H2,1H3/b24-22-. The first-order chi connectivity index (χ1) is 15.0. The number of ketones is 1. The molecule has 1 atom stereocenters. The molecule has 1 unspecified atom stereocenters. The van der Waals surface area contributed by atoms with Gasteiger partial charge in [0, 0.05) is 12.1 Å². The summed E-state index contributed by atoms with van der Waals surface area (Å²) in [6.45, 7) is 2.50. The van der Waals surface area contributed by atoms with E-state index >= 15 is 0 Å². The number of Topliss-reactive ketones (excluding diaryl/α,β-unsaturated/α-hetero) is 1. The van der Waals surface area contributed by atoms with Crippen molar-refractivity contribution in [3.63, 3.8) is 0 Å². The van der Waals surface area contributed by atoms with Crippen LogP contribution in [0.15, 0.2) is 72.3 Å². The SMILES string of the molecule is CCCCCN1C(=O)C(=O)/C(=C(\O)c2cccc3ccccc23)C1c1ccc(O)cc1. The van der Waals surface area contributed by atoms with E-state index in [1.807, 2.05) is 36.4 Å². The summed E-state index contributed by atoms with van der Waals surface area (Å²) in [4.78, 5) is 27.6. The summed E-state index contributed by atoms with van der Waals surface area (Å²) in [5.41, 5.74) is 1.28. The Morgan fingerprint density at radius 2 is 1.65 bits per heavy atom. The van der Waals surface area contributed by atoms with Gasteiger partial charge in [-0.3, -0.25) is 9.59 Å². The Hall–Kier alpha value is -3.60. The van der Waals surface area contributed by atoms with Crippen molar-refractivity contribution < 1.29 is 19.8 Å². The summed E-state index contributed by atoms with van der Waals surface area (Å²) in [6, 6.07) is 18.9. The maximum atomic E-state index is 13.1. The summed E-state index contributed by atoms with van der Waals surface area (Å²) >= 11 is 0. The van der Waals surface area contributed by atoms with Gasteiger partial charge in [-0.05, 0) is 34.9 Å². The first kappa shape index (κ1) is 20.7. The van der Waals surface area contributed by atoms with Gasteiger partial charge in [-0.15, -0.1) is 0 Å². The largest absolute Gasteiger partial charge is 0.508 e. The zero-order valence-electron chi connectivity index (χ0n) is 17.4. The van der Waals surface area contributed by atoms with Crippen LogP contribution in [0, 0.1) is 0 Å². The van der Waals surface area contributed by atoms with Crippen LogP contribution in [-0.4, -0.2) is 33.3 Å². The van der Waals surface area contributed by atoms with E-state index in [0.717, 1.165) is 30.0 Å². The van der Waals surface area contributed by atoms with E-state index in [1.165, 1.54) is 12.1 Å². The van der Waals surface area contributed by atoms with Crippen molar-refractivity contribution in [2.45, 2.75) is 32.2 Å². The molecule has 1 aliphatic heterocycles. The van der Waals surface area contributed by atoms with E-state index in [1.54, 1.807) is 23.1 Å². The molecule has 0 aromatic heterocycles. The number of hydrogen-bond acceptors (Lipinski definition) is 4. The number of hydrogen-bond donors (Lipinski definition) is 2. The number of aliphatic hydroxyl groups is 1. The van der Waals surface area contributed by atoms with Crippen LogP contribution in [0.1, 0.15) is 43.4 Å². The molecule has 31 heavy (non-hydrogen) atoms. The number of nitrogens with zero attached hydrogens (tertiary/aromatic N) is 1. The number of amides is 1. The summed E-state index contributed by atoms with van der Waals surface area (Å²) in [7, 11) is 0. The molecule has 0 saturated carbocycles. The van der Waals surface area contributed by atoms with E-state index in [2.05, 4.69) is 6.92 Å². The Balaban J connectivity index is 1.89. The zero-order valence-corrected chi connectivity index (χ0v) is 17.4. The average molecular weight is 415 g/mol. The molecule has 1 saturated heterocycles. The first-order valence-electron chi connectivity index (χ1n) is 10.6. The lowest BCUT2D eigenvalue weighted by atomic mass is 9.93. The highest BCUT2D eigenvalue weighted by Crippen LogP contribution is 2.41. The maximum absolute atomic E-state index is 13.1. The summed E-state index contributed by atoms with van der Waals surface area (Å²) in [6.07, 6.45) is 2.70. The third-order valence-corrected chi connectivity index (χ3v) is 5.80. The minimum Gasteiger partial charge on any atom is -0.508 e. The molecule has 5 nitrogen and oxygen atoms in total. The van der Waals surface area contributed by atoms with E-state index in [4.69, 9.17) is 0 Å². The summed E-state index contributed by atoms with van der Waals surface area (Å²) in [5, 5.41) is 22.8. The van der Waals surface area contributed by atoms with Gasteiger partial charge in [0.25, 0.3) is 11.7 Å². The van der Waals surface area contributed by atoms with Gasteiger partial charge >= 0.3 is 0 Å². The lowest BCUT2D eigenvalue weighted by molar-refractivity contribution is -0.139. The van der Waals surface area contributed by atoms with E-state index in [0.29, 0.717) is 17.7 Å². The summed E-state index contributed by atoms with van der Waals surface area (Å²) in [5.74, 6) is -1.36. The second-order valence-corrected chi connectivity index (χ2v) is 7.82. The van der Waals surface area contributed by atoms with Crippen molar-refractivity contribution >= 4 is 28.2 Å². The molecule has 1 amide bonds. The van der Waals surface area contributed by atoms with E-state index in [-0.39, 0.29) is 17.1 Å². The minimum absolute atomic E-state index is 0.0866. The van der Waals surface area contributed by atoms with Crippen molar-refractivity contribution in [1.29, 1.82) is 0 Å². The van der Waals surface area contributed by atoms with Crippen molar-refractivity contribution in [2.75, 3.05) is 6.54 Å². The van der Waals surface area contributed by atoms with Crippen LogP contribution in [0.5, 0.6) is 5.75 Å². The van der Waals surface area contributed by atoms with Crippen molar-refractivity contribution in [2.24, 2.45) is 0 Å². The van der Waals surface area contributed by atoms with Crippen molar-refractivity contribution in [3.05, 3.63) is 83.4 Å². The lowest BCUT2D eigenvalue weighted by Crippen LogP contribution is -2.30. The van der Waals surface area contributed by atoms with Crippen LogP contribution in [0.3, 0.4) is 0 Å². The molecule has 0 aliphatic carbocycles. The number of phenolic OH excluding ortho intramolecular Hbond substituents is 1. The topological polar surface area (TPSA) is 77.8 Å². The van der Waals surface area contributed by atoms with Crippen molar-refractivity contribution in [1.82, 2.24) is 4.90 Å². The predicted molar refractivity (Wildman–Crippen MR) is 121 cm³/mol. The smallest absolute Gasteiger partial charge is 0.295 e. The highest BCUT2D eigenvalue weighted by molar-refractivity contribution is 6.46. The van der Waals surface area contributed by atoms with Gasteiger partial charge in [0.15, 0.2) is 0 Å². The number of fused-ring (bicyclic) bond motifs is 1. The van der Waals surface area contributed by atoms with Crippen LogP contribution >= 0.6 is 0 Å². The lowest BCUT2D eigenvalue weighted by Gasteiger charge is -2.25. The van der Waals surface area contributed by atoms with Crippen LogP contribution in [-0.2, 0) is 9.59 Å². The Morgan fingerprint density at radius 3 is 2.39 bits per heavy atom. The second-order valence-electron chi connectivity index (χ2n) is 7.82. The maximum Gasteiger partial charge on any atom is 0.295 e. The third kappa shape index (κ3) is 3.79. The third-order valence-electron chi connectivity index (χ3n) is 5.80. The molecule has 4 rings (SSSR count). The molecule has 1 aliphatic rings. The number of aromatic hydroxyl groups is 1. The van der Waals surface area contributed by atoms with Gasteiger partial charge < -0.3 is 15.1 Å². The molecule has 5 heteroatoms. The highest BCUT2D eigenvalue weighted by atomic mass is 16.3. The van der Waals surface area contributed by atoms with Gasteiger partial charge in [-0.1, -0.05) is 74.4 Å². The molecule has 0 bridgehead atoms. The molecule has 1 fully saturated rings. The molecular formula is C26H25NO4. The predicted octanol–water partition coefficient (Wildman–Crippen LogP) is 5.16. The highest BCUT2D eigenvalue weighted by Gasteiger charge is 2.45. The van der Waals surface area contributed by atoms with Crippen LogP contribution in [0.25, 0.3) is 16.5 Å². The minimum atomic E-state index is -0.698. The van der Waals surface area contributed by atoms with E-state index in [9.17, 15) is 19.8 Å². The number of carbonyl (C=O) groups excluding carboxylic acids is 2. The number of unbranched alkanes of at least 4 members (excludes halogenated alkanes) is 2. The second kappa shape index (κ2) is 8.64. The van der Waals surface area contributed by atoms with Crippen LogP contribution in [0.4, 0.5) is 0 Å². The Labute approximate surface area is 181 Å². The van der Waals surface area contributed by atoms with Gasteiger partial charge in [-0.25, -0.2) is 0 Å². The number of aliphatic hydroxyl groups excluding tert-OH is 1. The molecule has 3 aromatic rings. The Morgan fingerprint density at radius 1 is 0.935 bits per heavy atom. The molecule has 1 heterocycles. The monoisotopic (exact) mass is 415 g/mol. The van der Waals surface area contributed by atoms with Gasteiger partial charge in [0.1, 0.15) is 11.5 Å². The molecule has 0 radical (unpaired) electrons. The normalized spacial score (nSPS) is 18.1. The average Bonchev–Trinajstić information content (AvgIpc) is 3.04. The van der Waals surface area contributed by atoms with Crippen LogP contribution < -0.4 is 0 Å². The van der Waals surface area contributed by atoms with Gasteiger partial charge in [0.05, 0.1) is 11.6 Å². The molecular weight excluding hydrogens is 390 g/mol. The summed E-state index contributed by atoms with van der Waals surface area (Å²) < 4.78 is 0. The Bertz CT molecular complexity index is 1160. The number of rotatable bonds is 6. The van der Waals surface area contributed by atoms with E-state index < -0.39 is 17.7 Å². The van der Waals surface area contributed by atoms with Gasteiger partial charge in [-0.2, -0.15) is 0 Å². The fourth-order valence-corrected chi connectivity index (χ4v) is 4.22. The number of likely N-dealkylation sites (tertiary alicyclic amines) is 1. The quantitative estimate of drug-likeness (QED) is 0.252. The molecule has 0 spiro atoms. The Kier molecular flexibility index (Phi) is 5.76. The number of carbonyl (C=O) groups is 2. The fourth-order valence-electron chi connectivity index (χ4n) is 4.22. The molecule has 2 N–H and O–H groups in total. The molecule has 158 valence electrons. The first-order valence-corrected chi connectivity index (χ1v) is 10.6. The molecule has 3 aromatic carbocycles. The van der Waals surface area contributed by atoms with Gasteiger partial charge in [0.2, 0.25) is 0 Å².